The van der Waals surface area contributed by atoms with Crippen molar-refractivity contribution in [1.82, 2.24) is 15.2 Å². The Kier molecular flexibility index (Phi) is 5.49. The molecule has 26 heavy (non-hydrogen) atoms. The summed E-state index contributed by atoms with van der Waals surface area (Å²) in [4.78, 5) is 12.2. The molecule has 0 saturated heterocycles. The van der Waals surface area contributed by atoms with E-state index in [1.165, 1.54) is 11.6 Å². The fourth-order valence-corrected chi connectivity index (χ4v) is 2.54. The lowest BCUT2D eigenvalue weighted by Gasteiger charge is -2.23. The summed E-state index contributed by atoms with van der Waals surface area (Å²) in [5.41, 5.74) is 6.88. The third-order valence-corrected chi connectivity index (χ3v) is 3.96. The number of para-hydroxylation sites is 1. The monoisotopic (exact) mass is 346 g/mol. The van der Waals surface area contributed by atoms with Gasteiger partial charge in [-0.2, -0.15) is 5.10 Å². The van der Waals surface area contributed by atoms with Gasteiger partial charge in [0.25, 0.3) is 5.91 Å². The van der Waals surface area contributed by atoms with E-state index in [-0.39, 0.29) is 5.91 Å². The standard InChI is InChI=1S/C21H22N4O/c1-3-24(20-12-9-17(2)10-13-20)23-21(26)14-11-18-15-22-25(16-18)19-7-5-4-6-8-19/h4-16H,3H2,1-2H3,(H,23,26)/b14-11+. The second-order valence-electron chi connectivity index (χ2n) is 5.94. The molecule has 0 aliphatic carbocycles. The first-order chi connectivity index (χ1) is 12.7. The average Bonchev–Trinajstić information content (AvgIpc) is 3.15. The van der Waals surface area contributed by atoms with Gasteiger partial charge in [-0.3, -0.25) is 15.2 Å². The molecule has 1 amide bonds. The minimum atomic E-state index is -0.181. The molecule has 0 atom stereocenters. The number of carbonyl (C=O) groups excluding carboxylic acids is 1. The van der Waals surface area contributed by atoms with Gasteiger partial charge in [0.1, 0.15) is 0 Å². The van der Waals surface area contributed by atoms with Crippen molar-refractivity contribution >= 4 is 17.7 Å². The van der Waals surface area contributed by atoms with Crippen LogP contribution in [0.15, 0.2) is 73.1 Å². The van der Waals surface area contributed by atoms with Crippen LogP contribution in [0.1, 0.15) is 18.1 Å². The fraction of sp³-hybridized carbons (Fsp3) is 0.143. The number of hydrogen-bond donors (Lipinski definition) is 1. The third-order valence-electron chi connectivity index (χ3n) is 3.96. The van der Waals surface area contributed by atoms with E-state index in [0.29, 0.717) is 6.54 Å². The molecule has 0 saturated carbocycles. The quantitative estimate of drug-likeness (QED) is 0.546. The summed E-state index contributed by atoms with van der Waals surface area (Å²) in [6.07, 6.45) is 6.89. The Bertz CT molecular complexity index is 882. The molecule has 0 fully saturated rings. The molecule has 0 radical (unpaired) electrons. The highest BCUT2D eigenvalue weighted by Gasteiger charge is 2.06. The van der Waals surface area contributed by atoms with Gasteiger partial charge in [0.05, 0.1) is 17.6 Å². The van der Waals surface area contributed by atoms with E-state index in [1.54, 1.807) is 17.0 Å². The van der Waals surface area contributed by atoms with Crippen molar-refractivity contribution in [2.45, 2.75) is 13.8 Å². The number of hydrazine groups is 1. The highest BCUT2D eigenvalue weighted by Crippen LogP contribution is 2.13. The summed E-state index contributed by atoms with van der Waals surface area (Å²) in [5, 5.41) is 6.14. The van der Waals surface area contributed by atoms with Gasteiger partial charge in [-0.15, -0.1) is 0 Å². The van der Waals surface area contributed by atoms with E-state index in [1.807, 2.05) is 79.7 Å². The lowest BCUT2D eigenvalue weighted by Crippen LogP contribution is -2.41. The Labute approximate surface area is 153 Å². The van der Waals surface area contributed by atoms with Crippen LogP contribution in [0.3, 0.4) is 0 Å². The smallest absolute Gasteiger partial charge is 0.262 e. The van der Waals surface area contributed by atoms with Crippen LogP contribution >= 0.6 is 0 Å². The Balaban J connectivity index is 1.64. The van der Waals surface area contributed by atoms with Crippen LogP contribution < -0.4 is 10.4 Å². The number of carbonyl (C=O) groups is 1. The van der Waals surface area contributed by atoms with Crippen molar-refractivity contribution in [2.75, 3.05) is 11.6 Å². The second-order valence-corrected chi connectivity index (χ2v) is 5.94. The average molecular weight is 346 g/mol. The minimum Gasteiger partial charge on any atom is -0.286 e. The SMILES string of the molecule is CCN(NC(=O)/C=C/c1cnn(-c2ccccc2)c1)c1ccc(C)cc1. The summed E-state index contributed by atoms with van der Waals surface area (Å²) >= 11 is 0. The Morgan fingerprint density at radius 1 is 1.15 bits per heavy atom. The van der Waals surface area contributed by atoms with Crippen LogP contribution in [0.5, 0.6) is 0 Å². The molecule has 0 unspecified atom stereocenters. The van der Waals surface area contributed by atoms with E-state index in [0.717, 1.165) is 16.9 Å². The zero-order valence-electron chi connectivity index (χ0n) is 15.0. The number of aromatic nitrogens is 2. The van der Waals surface area contributed by atoms with Crippen molar-refractivity contribution < 1.29 is 4.79 Å². The molecule has 1 heterocycles. The molecule has 3 aromatic rings. The van der Waals surface area contributed by atoms with Gasteiger partial charge in [-0.05, 0) is 44.2 Å². The third kappa shape index (κ3) is 4.39. The van der Waals surface area contributed by atoms with Gasteiger partial charge in [0.2, 0.25) is 0 Å². The number of rotatable bonds is 6. The largest absolute Gasteiger partial charge is 0.286 e. The molecule has 1 N–H and O–H groups in total. The van der Waals surface area contributed by atoms with Crippen LogP contribution in [0.4, 0.5) is 5.69 Å². The number of anilines is 1. The van der Waals surface area contributed by atoms with Gasteiger partial charge in [-0.1, -0.05) is 35.9 Å². The zero-order valence-corrected chi connectivity index (χ0v) is 15.0. The van der Waals surface area contributed by atoms with E-state index < -0.39 is 0 Å². The van der Waals surface area contributed by atoms with Crippen LogP contribution in [0, 0.1) is 6.92 Å². The summed E-state index contributed by atoms with van der Waals surface area (Å²) in [5.74, 6) is -0.181. The molecule has 5 heteroatoms. The van der Waals surface area contributed by atoms with E-state index in [2.05, 4.69) is 10.5 Å². The molecule has 3 rings (SSSR count). The van der Waals surface area contributed by atoms with Crippen LogP contribution in [-0.2, 0) is 4.79 Å². The van der Waals surface area contributed by atoms with Gasteiger partial charge >= 0.3 is 0 Å². The maximum absolute atomic E-state index is 12.2. The van der Waals surface area contributed by atoms with E-state index in [9.17, 15) is 4.79 Å². The number of benzene rings is 2. The maximum Gasteiger partial charge on any atom is 0.262 e. The van der Waals surface area contributed by atoms with Crippen molar-refractivity contribution in [2.24, 2.45) is 0 Å². The molecular weight excluding hydrogens is 324 g/mol. The topological polar surface area (TPSA) is 50.2 Å². The number of nitrogens with zero attached hydrogens (tertiary/aromatic N) is 3. The number of hydrogen-bond acceptors (Lipinski definition) is 3. The molecule has 5 nitrogen and oxygen atoms in total. The van der Waals surface area contributed by atoms with Crippen LogP contribution in [0.2, 0.25) is 0 Å². The lowest BCUT2D eigenvalue weighted by atomic mass is 10.2. The van der Waals surface area contributed by atoms with E-state index in [4.69, 9.17) is 0 Å². The van der Waals surface area contributed by atoms with Crippen molar-refractivity contribution in [1.29, 1.82) is 0 Å². The molecular formula is C21H22N4O. The molecule has 1 aromatic heterocycles. The van der Waals surface area contributed by atoms with Crippen LogP contribution in [0.25, 0.3) is 11.8 Å². The van der Waals surface area contributed by atoms with E-state index >= 15 is 0 Å². The van der Waals surface area contributed by atoms with Crippen molar-refractivity contribution in [3.8, 4) is 5.69 Å². The van der Waals surface area contributed by atoms with Crippen LogP contribution in [-0.4, -0.2) is 22.2 Å². The predicted octanol–water partition coefficient (Wildman–Crippen LogP) is 3.75. The molecule has 0 aliphatic heterocycles. The molecule has 0 spiro atoms. The maximum atomic E-state index is 12.2. The summed E-state index contributed by atoms with van der Waals surface area (Å²) in [7, 11) is 0. The first-order valence-corrected chi connectivity index (χ1v) is 8.58. The van der Waals surface area contributed by atoms with Gasteiger partial charge in [0.15, 0.2) is 0 Å². The molecule has 0 bridgehead atoms. The second kappa shape index (κ2) is 8.16. The summed E-state index contributed by atoms with van der Waals surface area (Å²) in [6.45, 7) is 4.71. The Morgan fingerprint density at radius 2 is 1.88 bits per heavy atom. The molecule has 0 aliphatic rings. The number of amides is 1. The van der Waals surface area contributed by atoms with Gasteiger partial charge < -0.3 is 0 Å². The molecule has 2 aromatic carbocycles. The summed E-state index contributed by atoms with van der Waals surface area (Å²) in [6, 6.07) is 17.9. The van der Waals surface area contributed by atoms with Crippen molar-refractivity contribution in [3.05, 3.63) is 84.2 Å². The minimum absolute atomic E-state index is 0.181. The predicted molar refractivity (Wildman–Crippen MR) is 105 cm³/mol. The normalized spacial score (nSPS) is 10.8. The Morgan fingerprint density at radius 3 is 2.58 bits per heavy atom. The summed E-state index contributed by atoms with van der Waals surface area (Å²) < 4.78 is 1.78. The number of nitrogens with one attached hydrogen (secondary N) is 1. The van der Waals surface area contributed by atoms with Crippen molar-refractivity contribution in [3.63, 3.8) is 0 Å². The highest BCUT2D eigenvalue weighted by molar-refractivity contribution is 5.92. The molecule has 132 valence electrons. The fourth-order valence-electron chi connectivity index (χ4n) is 2.54. The highest BCUT2D eigenvalue weighted by atomic mass is 16.2. The Hall–Kier alpha value is -3.34. The van der Waals surface area contributed by atoms with Gasteiger partial charge in [0, 0.05) is 24.4 Å². The van der Waals surface area contributed by atoms with Gasteiger partial charge in [-0.25, -0.2) is 4.68 Å². The first kappa shape index (κ1) is 17.5. The number of aryl methyl sites for hydroxylation is 1. The zero-order chi connectivity index (χ0) is 18.4. The lowest BCUT2D eigenvalue weighted by molar-refractivity contribution is -0.116. The first-order valence-electron chi connectivity index (χ1n) is 8.58.